The molecule has 2 fully saturated rings. The molecular weight excluding hydrogens is 658 g/mol. The number of carbonyl (C=O) groups excluding carboxylic acids is 1. The second kappa shape index (κ2) is 15.9. The first kappa shape index (κ1) is 35.2. The van der Waals surface area contributed by atoms with Gasteiger partial charge < -0.3 is 29.9 Å². The van der Waals surface area contributed by atoms with E-state index in [-0.39, 0.29) is 41.8 Å². The van der Waals surface area contributed by atoms with E-state index in [0.717, 1.165) is 49.1 Å². The minimum Gasteiger partial charge on any atom is -0.377 e. The zero-order chi connectivity index (χ0) is 34.3. The number of nitrogens with zero attached hydrogens (tertiary/aromatic N) is 5. The molecule has 0 bridgehead atoms. The fourth-order valence-corrected chi connectivity index (χ4v) is 6.80. The number of aryl methyl sites for hydroxylation is 1. The van der Waals surface area contributed by atoms with Gasteiger partial charge in [-0.05, 0) is 50.8 Å². The number of nitrogens with one attached hydrogen (secondary N) is 4. The number of rotatable bonds is 13. The summed E-state index contributed by atoms with van der Waals surface area (Å²) in [5, 5.41) is 19.7. The van der Waals surface area contributed by atoms with E-state index in [2.05, 4.69) is 26.2 Å². The van der Waals surface area contributed by atoms with Crippen LogP contribution in [0, 0.1) is 24.7 Å². The normalized spacial score (nSPS) is 18.1. The van der Waals surface area contributed by atoms with Crippen molar-refractivity contribution >= 4 is 50.6 Å². The van der Waals surface area contributed by atoms with Crippen LogP contribution in [0.2, 0.25) is 5.02 Å². The van der Waals surface area contributed by atoms with E-state index in [4.69, 9.17) is 43.0 Å². The number of fused-ring (bicyclic) bond motifs is 1. The van der Waals surface area contributed by atoms with Crippen molar-refractivity contribution in [2.24, 2.45) is 0 Å². The Labute approximate surface area is 286 Å². The molecule has 0 saturated carbocycles. The van der Waals surface area contributed by atoms with Crippen molar-refractivity contribution in [2.45, 2.75) is 44.7 Å². The number of aromatic nitrogens is 3. The van der Waals surface area contributed by atoms with E-state index in [1.165, 1.54) is 12.1 Å². The van der Waals surface area contributed by atoms with E-state index >= 15 is 0 Å². The van der Waals surface area contributed by atoms with Crippen LogP contribution in [0.15, 0.2) is 30.5 Å². The second-order valence-corrected chi connectivity index (χ2v) is 14.1. The molecule has 0 spiro atoms. The van der Waals surface area contributed by atoms with Crippen molar-refractivity contribution < 1.29 is 22.7 Å². The van der Waals surface area contributed by atoms with Gasteiger partial charge in [-0.15, -0.1) is 6.42 Å². The van der Waals surface area contributed by atoms with Gasteiger partial charge in [-0.3, -0.25) is 14.9 Å². The van der Waals surface area contributed by atoms with Gasteiger partial charge in [-0.1, -0.05) is 17.5 Å². The van der Waals surface area contributed by atoms with Gasteiger partial charge in [0.05, 0.1) is 49.1 Å². The van der Waals surface area contributed by atoms with Crippen molar-refractivity contribution in [3.05, 3.63) is 52.3 Å². The molecule has 258 valence electrons. The first-order valence-electron chi connectivity index (χ1n) is 15.9. The molecule has 2 aliphatic heterocycles. The third kappa shape index (κ3) is 9.07. The maximum atomic E-state index is 13.9. The summed E-state index contributed by atoms with van der Waals surface area (Å²) in [6.07, 6.45) is 11.4. The molecule has 48 heavy (non-hydrogen) atoms. The van der Waals surface area contributed by atoms with Crippen LogP contribution in [0.4, 0.5) is 11.5 Å². The molecule has 2 atom stereocenters. The van der Waals surface area contributed by atoms with Crippen LogP contribution in [-0.2, 0) is 19.5 Å². The average Bonchev–Trinajstić information content (AvgIpc) is 3.68. The summed E-state index contributed by atoms with van der Waals surface area (Å²) in [6.45, 7) is 6.07. The first-order chi connectivity index (χ1) is 23.0. The summed E-state index contributed by atoms with van der Waals surface area (Å²) in [7, 11) is -3.62. The molecule has 0 radical (unpaired) electrons. The topological polar surface area (TPSA) is 166 Å². The number of likely N-dealkylation sites (tertiary alicyclic amines) is 1. The van der Waals surface area contributed by atoms with Crippen molar-refractivity contribution in [3.8, 4) is 12.3 Å². The van der Waals surface area contributed by atoms with Gasteiger partial charge in [0.2, 0.25) is 10.0 Å². The van der Waals surface area contributed by atoms with Crippen LogP contribution < -0.4 is 20.3 Å². The number of ether oxygens (including phenoxy) is 2. The van der Waals surface area contributed by atoms with E-state index in [9.17, 15) is 13.2 Å². The van der Waals surface area contributed by atoms with E-state index < -0.39 is 10.0 Å². The van der Waals surface area contributed by atoms with Crippen molar-refractivity contribution in [2.75, 3.05) is 68.5 Å². The van der Waals surface area contributed by atoms with Gasteiger partial charge in [-0.2, -0.15) is 5.10 Å². The van der Waals surface area contributed by atoms with Crippen molar-refractivity contribution in [3.63, 3.8) is 0 Å². The molecule has 0 unspecified atom stereocenters. The van der Waals surface area contributed by atoms with Crippen LogP contribution in [0.1, 0.15) is 53.3 Å². The van der Waals surface area contributed by atoms with Crippen LogP contribution >= 0.6 is 11.6 Å². The van der Waals surface area contributed by atoms with Gasteiger partial charge in [0.15, 0.2) is 11.6 Å². The van der Waals surface area contributed by atoms with Gasteiger partial charge in [0, 0.05) is 55.1 Å². The largest absolute Gasteiger partial charge is 0.377 e. The van der Waals surface area contributed by atoms with E-state index in [1.807, 2.05) is 19.2 Å². The molecule has 4 N–H and O–H groups in total. The highest BCUT2D eigenvalue weighted by Crippen LogP contribution is 2.34. The molecule has 5 rings (SSSR count). The Bertz CT molecular complexity index is 1780. The average molecular weight is 700 g/mol. The van der Waals surface area contributed by atoms with E-state index in [0.29, 0.717) is 56.5 Å². The number of sulfonamides is 1. The Hall–Kier alpha value is -4.10. The Balaban J connectivity index is 1.23. The third-order valence-electron chi connectivity index (χ3n) is 8.18. The van der Waals surface area contributed by atoms with Gasteiger partial charge in [0.25, 0.3) is 5.91 Å². The Morgan fingerprint density at radius 2 is 1.98 bits per heavy atom. The summed E-state index contributed by atoms with van der Waals surface area (Å²) < 4.78 is 38.8. The molecule has 2 aromatic heterocycles. The number of terminal acetylenes is 1. The van der Waals surface area contributed by atoms with Gasteiger partial charge >= 0.3 is 0 Å². The van der Waals surface area contributed by atoms with Gasteiger partial charge in [-0.25, -0.2) is 17.9 Å². The number of hydrogen-bond donors (Lipinski definition) is 4. The highest BCUT2D eigenvalue weighted by atomic mass is 35.5. The predicted molar refractivity (Wildman–Crippen MR) is 185 cm³/mol. The molecule has 0 aliphatic carbocycles. The highest BCUT2D eigenvalue weighted by Gasteiger charge is 2.33. The summed E-state index contributed by atoms with van der Waals surface area (Å²) in [4.78, 5) is 22.8. The minimum atomic E-state index is -3.62. The third-order valence-corrected chi connectivity index (χ3v) is 9.00. The lowest BCUT2D eigenvalue weighted by molar-refractivity contribution is 0.0607. The molecule has 3 aromatic rings. The number of piperidine rings is 1. The number of guanidine groups is 1. The zero-order valence-corrected chi connectivity index (χ0v) is 28.7. The lowest BCUT2D eigenvalue weighted by atomic mass is 9.98. The fourth-order valence-electron chi connectivity index (χ4n) is 6.05. The molecule has 1 amide bonds. The molecule has 14 nitrogen and oxygen atoms in total. The lowest BCUT2D eigenvalue weighted by Crippen LogP contribution is -2.45. The van der Waals surface area contributed by atoms with Crippen LogP contribution in [0.5, 0.6) is 0 Å². The maximum Gasteiger partial charge on any atom is 0.256 e. The SMILES string of the molecule is C#CCOCCOCCNC(=N)N[C@H]1CCN(c2nc3cc([C@@H]4CCCCN4C(=O)c4cc(Cl)ccc4NS(C)(=O)=O)nn3cc2C)C1. The summed E-state index contributed by atoms with van der Waals surface area (Å²) >= 11 is 6.24. The highest BCUT2D eigenvalue weighted by molar-refractivity contribution is 7.92. The number of anilines is 2. The smallest absolute Gasteiger partial charge is 0.256 e. The molecule has 2 saturated heterocycles. The second-order valence-electron chi connectivity index (χ2n) is 11.9. The molecule has 16 heteroatoms. The first-order valence-corrected chi connectivity index (χ1v) is 18.2. The summed E-state index contributed by atoms with van der Waals surface area (Å²) in [6, 6.07) is 6.23. The van der Waals surface area contributed by atoms with Gasteiger partial charge in [0.1, 0.15) is 12.4 Å². The van der Waals surface area contributed by atoms with Crippen LogP contribution in [0.3, 0.4) is 0 Å². The van der Waals surface area contributed by atoms with E-state index in [1.54, 1.807) is 15.5 Å². The summed E-state index contributed by atoms with van der Waals surface area (Å²) in [5.41, 5.74) is 2.72. The van der Waals surface area contributed by atoms with Crippen LogP contribution in [-0.4, -0.2) is 105 Å². The molecular formula is C32H42ClN9O5S. The zero-order valence-electron chi connectivity index (χ0n) is 27.2. The number of hydrogen-bond acceptors (Lipinski definition) is 9. The van der Waals surface area contributed by atoms with Crippen molar-refractivity contribution in [1.29, 1.82) is 5.41 Å². The lowest BCUT2D eigenvalue weighted by Gasteiger charge is -2.35. The quantitative estimate of drug-likeness (QED) is 0.0902. The van der Waals surface area contributed by atoms with Crippen molar-refractivity contribution in [1.82, 2.24) is 30.1 Å². The molecule has 4 heterocycles. The van der Waals surface area contributed by atoms with Crippen LogP contribution in [0.25, 0.3) is 5.65 Å². The fraction of sp³-hybridized carbons (Fsp3) is 0.500. The number of halogens is 1. The number of amides is 1. The predicted octanol–water partition coefficient (Wildman–Crippen LogP) is 2.79. The molecule has 2 aliphatic rings. The Morgan fingerprint density at radius 3 is 2.77 bits per heavy atom. The Morgan fingerprint density at radius 1 is 1.17 bits per heavy atom. The summed E-state index contributed by atoms with van der Waals surface area (Å²) in [5.74, 6) is 3.19. The standard InChI is InChI=1S/C32H42ClN9O5S/c1-4-14-46-16-17-47-15-11-35-32(34)36-24-10-13-40(21-24)30-22(2)20-42-29(37-30)19-27(38-42)28-7-5-6-12-41(28)31(43)25-18-23(33)8-9-26(25)39-48(3,44)45/h1,8-9,18-20,24,28,39H,5-7,10-17,21H2,2-3H3,(H3,34,35,36)/t24-,28-/m0/s1. The number of carbonyl (C=O) groups is 1. The number of benzene rings is 1. The Kier molecular flexibility index (Phi) is 11.6. The molecule has 1 aromatic carbocycles. The maximum absolute atomic E-state index is 13.9. The minimum absolute atomic E-state index is 0.0800. The monoisotopic (exact) mass is 699 g/mol.